The average Bonchev–Trinajstić information content (AvgIpc) is 3.46. The summed E-state index contributed by atoms with van der Waals surface area (Å²) in [6.45, 7) is 4.37. The standard InChI is InChI=1S/C27H29N5O3/c1-19-25(14-15-26(33)35-4)20(2)32(29-19)24-12-10-22(11-13-24)27(34)30(3)17-21-16-28-31(18-21)23-8-6-5-7-9-23/h5-13,16,18H,14-15,17H2,1-4H3. The Balaban J connectivity index is 1.44. The van der Waals surface area contributed by atoms with E-state index in [4.69, 9.17) is 4.74 Å². The van der Waals surface area contributed by atoms with Crippen molar-refractivity contribution in [3.05, 3.63) is 95.1 Å². The Kier molecular flexibility index (Phi) is 7.10. The SMILES string of the molecule is COC(=O)CCc1c(C)nn(-c2ccc(C(=O)N(C)Cc3cnn(-c4ccccc4)c3)cc2)c1C. The third kappa shape index (κ3) is 5.32. The third-order valence-corrected chi connectivity index (χ3v) is 6.03. The maximum atomic E-state index is 13.0. The van der Waals surface area contributed by atoms with Crippen LogP contribution < -0.4 is 0 Å². The lowest BCUT2D eigenvalue weighted by Gasteiger charge is -2.16. The molecule has 4 rings (SSSR count). The molecule has 180 valence electrons. The van der Waals surface area contributed by atoms with Gasteiger partial charge in [0.15, 0.2) is 0 Å². The molecule has 1 amide bonds. The quantitative estimate of drug-likeness (QED) is 0.362. The van der Waals surface area contributed by atoms with Crippen LogP contribution in [0.4, 0.5) is 0 Å². The summed E-state index contributed by atoms with van der Waals surface area (Å²) >= 11 is 0. The molecule has 4 aromatic rings. The number of hydrogen-bond donors (Lipinski definition) is 0. The van der Waals surface area contributed by atoms with Crippen LogP contribution in [0.25, 0.3) is 11.4 Å². The van der Waals surface area contributed by atoms with E-state index in [1.165, 1.54) is 7.11 Å². The number of amides is 1. The molecule has 0 aliphatic heterocycles. The summed E-state index contributed by atoms with van der Waals surface area (Å²) in [5, 5.41) is 9.04. The van der Waals surface area contributed by atoms with Crippen LogP contribution >= 0.6 is 0 Å². The summed E-state index contributed by atoms with van der Waals surface area (Å²) in [7, 11) is 3.17. The Morgan fingerprint density at radius 3 is 2.40 bits per heavy atom. The lowest BCUT2D eigenvalue weighted by atomic mass is 10.1. The molecule has 0 aliphatic carbocycles. The summed E-state index contributed by atoms with van der Waals surface area (Å²) in [5.41, 5.74) is 6.26. The van der Waals surface area contributed by atoms with Gasteiger partial charge < -0.3 is 9.64 Å². The molecule has 0 saturated carbocycles. The smallest absolute Gasteiger partial charge is 0.305 e. The van der Waals surface area contributed by atoms with Crippen LogP contribution in [0.1, 0.15) is 39.3 Å². The Morgan fingerprint density at radius 2 is 1.71 bits per heavy atom. The van der Waals surface area contributed by atoms with Gasteiger partial charge in [0.05, 0.1) is 30.4 Å². The Hall–Kier alpha value is -4.20. The number of aromatic nitrogens is 4. The van der Waals surface area contributed by atoms with Crippen molar-refractivity contribution in [2.75, 3.05) is 14.2 Å². The average molecular weight is 472 g/mol. The molecule has 35 heavy (non-hydrogen) atoms. The van der Waals surface area contributed by atoms with E-state index in [1.807, 2.05) is 79.3 Å². The molecule has 0 fully saturated rings. The van der Waals surface area contributed by atoms with Gasteiger partial charge in [-0.1, -0.05) is 18.2 Å². The predicted octanol–water partition coefficient (Wildman–Crippen LogP) is 4.05. The summed E-state index contributed by atoms with van der Waals surface area (Å²) in [4.78, 5) is 26.2. The lowest BCUT2D eigenvalue weighted by Crippen LogP contribution is -2.26. The van der Waals surface area contributed by atoms with Gasteiger partial charge in [0.25, 0.3) is 5.91 Å². The van der Waals surface area contributed by atoms with Crippen molar-refractivity contribution in [1.82, 2.24) is 24.5 Å². The van der Waals surface area contributed by atoms with Crippen LogP contribution in [0.15, 0.2) is 67.0 Å². The van der Waals surface area contributed by atoms with Gasteiger partial charge in [-0.15, -0.1) is 0 Å². The van der Waals surface area contributed by atoms with Crippen molar-refractivity contribution >= 4 is 11.9 Å². The number of carbonyl (C=O) groups is 2. The summed E-state index contributed by atoms with van der Waals surface area (Å²) in [6.07, 6.45) is 4.60. The summed E-state index contributed by atoms with van der Waals surface area (Å²) < 4.78 is 8.40. The van der Waals surface area contributed by atoms with Gasteiger partial charge in [-0.2, -0.15) is 10.2 Å². The van der Waals surface area contributed by atoms with E-state index in [2.05, 4.69) is 10.2 Å². The molecule has 8 heteroatoms. The zero-order valence-electron chi connectivity index (χ0n) is 20.4. The van der Waals surface area contributed by atoms with Crippen molar-refractivity contribution in [2.24, 2.45) is 0 Å². The fraction of sp³-hybridized carbons (Fsp3) is 0.259. The first-order valence-electron chi connectivity index (χ1n) is 11.4. The zero-order chi connectivity index (χ0) is 24.9. The first kappa shape index (κ1) is 23.9. The van der Waals surface area contributed by atoms with Gasteiger partial charge >= 0.3 is 5.97 Å². The maximum Gasteiger partial charge on any atom is 0.305 e. The number of carbonyl (C=O) groups excluding carboxylic acids is 2. The Labute approximate surface area is 204 Å². The highest BCUT2D eigenvalue weighted by Crippen LogP contribution is 2.20. The number of methoxy groups -OCH3 is 1. The minimum atomic E-state index is -0.240. The van der Waals surface area contributed by atoms with E-state index in [0.29, 0.717) is 24.9 Å². The van der Waals surface area contributed by atoms with E-state index < -0.39 is 0 Å². The van der Waals surface area contributed by atoms with Crippen LogP contribution in [-0.2, 0) is 22.5 Å². The van der Waals surface area contributed by atoms with Gasteiger partial charge in [0.2, 0.25) is 0 Å². The van der Waals surface area contributed by atoms with Crippen molar-refractivity contribution in [2.45, 2.75) is 33.2 Å². The number of para-hydroxylation sites is 1. The zero-order valence-corrected chi connectivity index (χ0v) is 20.4. The summed E-state index contributed by atoms with van der Waals surface area (Å²) in [6, 6.07) is 17.3. The number of benzene rings is 2. The molecule has 2 aromatic heterocycles. The van der Waals surface area contributed by atoms with E-state index in [9.17, 15) is 9.59 Å². The monoisotopic (exact) mass is 471 g/mol. The summed E-state index contributed by atoms with van der Waals surface area (Å²) in [5.74, 6) is -0.313. The van der Waals surface area contributed by atoms with E-state index in [-0.39, 0.29) is 11.9 Å². The normalized spacial score (nSPS) is 10.9. The molecule has 8 nitrogen and oxygen atoms in total. The number of nitrogens with zero attached hydrogens (tertiary/aromatic N) is 5. The van der Waals surface area contributed by atoms with Crippen molar-refractivity contribution in [3.63, 3.8) is 0 Å². The van der Waals surface area contributed by atoms with Crippen LogP contribution in [0.3, 0.4) is 0 Å². The predicted molar refractivity (Wildman–Crippen MR) is 133 cm³/mol. The molecule has 0 unspecified atom stereocenters. The highest BCUT2D eigenvalue weighted by molar-refractivity contribution is 5.94. The molecular formula is C27H29N5O3. The van der Waals surface area contributed by atoms with Gasteiger partial charge in [0, 0.05) is 43.0 Å². The van der Waals surface area contributed by atoms with Gasteiger partial charge in [-0.3, -0.25) is 9.59 Å². The van der Waals surface area contributed by atoms with Gasteiger partial charge in [-0.05, 0) is 62.2 Å². The van der Waals surface area contributed by atoms with E-state index in [1.54, 1.807) is 22.8 Å². The molecule has 0 bridgehead atoms. The first-order valence-corrected chi connectivity index (χ1v) is 11.4. The van der Waals surface area contributed by atoms with Crippen molar-refractivity contribution < 1.29 is 14.3 Å². The molecule has 0 atom stereocenters. The molecule has 2 aromatic carbocycles. The minimum Gasteiger partial charge on any atom is -0.469 e. The number of ether oxygens (including phenoxy) is 1. The van der Waals surface area contributed by atoms with E-state index >= 15 is 0 Å². The third-order valence-electron chi connectivity index (χ3n) is 6.03. The number of aryl methyl sites for hydroxylation is 1. The number of esters is 1. The number of hydrogen-bond acceptors (Lipinski definition) is 5. The van der Waals surface area contributed by atoms with Crippen LogP contribution in [0, 0.1) is 13.8 Å². The highest BCUT2D eigenvalue weighted by atomic mass is 16.5. The fourth-order valence-corrected chi connectivity index (χ4v) is 4.09. The fourth-order valence-electron chi connectivity index (χ4n) is 4.09. The van der Waals surface area contributed by atoms with Crippen molar-refractivity contribution in [1.29, 1.82) is 0 Å². The molecule has 0 spiro atoms. The first-order chi connectivity index (χ1) is 16.9. The Bertz CT molecular complexity index is 1320. The van der Waals surface area contributed by atoms with Crippen LogP contribution in [-0.4, -0.2) is 50.5 Å². The lowest BCUT2D eigenvalue weighted by molar-refractivity contribution is -0.140. The number of rotatable bonds is 8. The Morgan fingerprint density at radius 1 is 1.00 bits per heavy atom. The largest absolute Gasteiger partial charge is 0.469 e. The molecular weight excluding hydrogens is 442 g/mol. The van der Waals surface area contributed by atoms with Crippen LogP contribution in [0.5, 0.6) is 0 Å². The van der Waals surface area contributed by atoms with Gasteiger partial charge in [0.1, 0.15) is 0 Å². The van der Waals surface area contributed by atoms with Crippen molar-refractivity contribution in [3.8, 4) is 11.4 Å². The van der Waals surface area contributed by atoms with Gasteiger partial charge in [-0.25, -0.2) is 9.36 Å². The maximum absolute atomic E-state index is 13.0. The molecule has 0 N–H and O–H groups in total. The second-order valence-corrected chi connectivity index (χ2v) is 8.47. The van der Waals surface area contributed by atoms with Crippen LogP contribution in [0.2, 0.25) is 0 Å². The second kappa shape index (κ2) is 10.4. The van der Waals surface area contributed by atoms with E-state index in [0.717, 1.165) is 33.9 Å². The molecule has 0 aliphatic rings. The molecule has 0 saturated heterocycles. The second-order valence-electron chi connectivity index (χ2n) is 8.47. The molecule has 2 heterocycles. The topological polar surface area (TPSA) is 82.2 Å². The highest BCUT2D eigenvalue weighted by Gasteiger charge is 2.16. The molecule has 0 radical (unpaired) electrons. The minimum absolute atomic E-state index is 0.0730.